The maximum Gasteiger partial charge on any atom is 0.222 e. The number of hydrogen-bond acceptors (Lipinski definition) is 1. The third-order valence-corrected chi connectivity index (χ3v) is 2.91. The molecule has 0 atom stereocenters. The van der Waals surface area contributed by atoms with E-state index in [0.717, 1.165) is 10.3 Å². The summed E-state index contributed by atoms with van der Waals surface area (Å²) in [6.45, 7) is 4.39. The van der Waals surface area contributed by atoms with Crippen molar-refractivity contribution in [1.29, 1.82) is 0 Å². The van der Waals surface area contributed by atoms with E-state index in [1.54, 1.807) is 12.4 Å². The van der Waals surface area contributed by atoms with Crippen molar-refractivity contribution in [1.82, 2.24) is 0 Å². The van der Waals surface area contributed by atoms with Crippen LogP contribution < -0.4 is 4.73 Å². The summed E-state index contributed by atoms with van der Waals surface area (Å²) in [5, 5.41) is 9.12. The minimum Gasteiger partial charge on any atom is -0.285 e. The Labute approximate surface area is 108 Å². The average Bonchev–Trinajstić information content (AvgIpc) is 2.38. The quantitative estimate of drug-likeness (QED) is 0.644. The maximum atomic E-state index is 9.12. The normalized spacial score (nSPS) is 11.3. The molecule has 0 saturated carbocycles. The van der Waals surface area contributed by atoms with E-state index in [1.807, 2.05) is 18.2 Å². The number of pyridine rings is 1. The Hall–Kier alpha value is -2.09. The van der Waals surface area contributed by atoms with E-state index in [2.05, 4.69) is 44.2 Å². The molecule has 2 rings (SSSR count). The number of rotatable bonds is 3. The Balaban J connectivity index is 2.11. The van der Waals surface area contributed by atoms with Gasteiger partial charge in [-0.05, 0) is 22.6 Å². The molecule has 0 spiro atoms. The zero-order chi connectivity index (χ0) is 13.0. The van der Waals surface area contributed by atoms with Crippen molar-refractivity contribution in [3.63, 3.8) is 0 Å². The standard InChI is InChI=1S/C16H18NO/c1-13(2)16-7-5-14(6-8-16)3-4-15-9-11-17(18)12-10-15/h3-13,18H,1-2H3/q+1/b4-3+. The number of nitrogens with zero attached hydrogens (tertiary/aromatic N) is 1. The average molecular weight is 240 g/mol. The SMILES string of the molecule is CC(C)c1ccc(/C=C/c2cc[n+](O)cc2)cc1. The zero-order valence-corrected chi connectivity index (χ0v) is 10.7. The van der Waals surface area contributed by atoms with E-state index >= 15 is 0 Å². The van der Waals surface area contributed by atoms with Crippen LogP contribution in [0.3, 0.4) is 0 Å². The van der Waals surface area contributed by atoms with Gasteiger partial charge in [0.05, 0.1) is 0 Å². The highest BCUT2D eigenvalue weighted by Gasteiger charge is 1.97. The first-order valence-electron chi connectivity index (χ1n) is 6.14. The van der Waals surface area contributed by atoms with Gasteiger partial charge in [0.25, 0.3) is 0 Å². The third-order valence-electron chi connectivity index (χ3n) is 2.91. The molecule has 2 heteroatoms. The molecule has 0 aliphatic carbocycles. The van der Waals surface area contributed by atoms with Crippen LogP contribution in [0, 0.1) is 0 Å². The Kier molecular flexibility index (Phi) is 3.78. The Morgan fingerprint density at radius 3 is 1.89 bits per heavy atom. The first kappa shape index (κ1) is 12.4. The Morgan fingerprint density at radius 1 is 0.889 bits per heavy atom. The molecule has 1 aromatic heterocycles. The highest BCUT2D eigenvalue weighted by molar-refractivity contribution is 5.69. The van der Waals surface area contributed by atoms with Crippen LogP contribution in [0.2, 0.25) is 0 Å². The summed E-state index contributed by atoms with van der Waals surface area (Å²) < 4.78 is 1.04. The highest BCUT2D eigenvalue weighted by Crippen LogP contribution is 2.15. The molecule has 92 valence electrons. The third kappa shape index (κ3) is 3.20. The number of benzene rings is 1. The smallest absolute Gasteiger partial charge is 0.222 e. The second-order valence-electron chi connectivity index (χ2n) is 4.67. The van der Waals surface area contributed by atoms with Crippen molar-refractivity contribution < 1.29 is 9.94 Å². The molecule has 0 aliphatic rings. The lowest BCUT2D eigenvalue weighted by Gasteiger charge is -2.04. The lowest BCUT2D eigenvalue weighted by molar-refractivity contribution is -0.904. The molecule has 0 bridgehead atoms. The van der Waals surface area contributed by atoms with Crippen LogP contribution in [0.15, 0.2) is 48.8 Å². The van der Waals surface area contributed by atoms with E-state index < -0.39 is 0 Å². The summed E-state index contributed by atoms with van der Waals surface area (Å²) in [6, 6.07) is 12.3. The molecule has 0 saturated heterocycles. The van der Waals surface area contributed by atoms with Gasteiger partial charge in [-0.1, -0.05) is 50.3 Å². The zero-order valence-electron chi connectivity index (χ0n) is 10.7. The van der Waals surface area contributed by atoms with Gasteiger partial charge in [-0.15, -0.1) is 0 Å². The highest BCUT2D eigenvalue weighted by atomic mass is 16.5. The molecule has 0 radical (unpaired) electrons. The monoisotopic (exact) mass is 240 g/mol. The van der Waals surface area contributed by atoms with E-state index in [9.17, 15) is 0 Å². The van der Waals surface area contributed by atoms with E-state index in [1.165, 1.54) is 11.1 Å². The van der Waals surface area contributed by atoms with Gasteiger partial charge in [0.2, 0.25) is 12.4 Å². The summed E-state index contributed by atoms with van der Waals surface area (Å²) in [5.74, 6) is 0.567. The van der Waals surface area contributed by atoms with Crippen LogP contribution in [-0.4, -0.2) is 5.21 Å². The number of aromatic nitrogens is 1. The van der Waals surface area contributed by atoms with E-state index in [0.29, 0.717) is 5.92 Å². The molecule has 1 heterocycles. The maximum absolute atomic E-state index is 9.12. The molecular weight excluding hydrogens is 222 g/mol. The van der Waals surface area contributed by atoms with Gasteiger partial charge in [-0.3, -0.25) is 5.21 Å². The van der Waals surface area contributed by atoms with Gasteiger partial charge in [0.15, 0.2) is 0 Å². The van der Waals surface area contributed by atoms with Crippen LogP contribution in [0.25, 0.3) is 12.2 Å². The van der Waals surface area contributed by atoms with Crippen LogP contribution in [0.1, 0.15) is 36.5 Å². The Bertz CT molecular complexity index is 524. The van der Waals surface area contributed by atoms with Crippen LogP contribution in [0.4, 0.5) is 0 Å². The summed E-state index contributed by atoms with van der Waals surface area (Å²) >= 11 is 0. The van der Waals surface area contributed by atoms with Crippen molar-refractivity contribution in [3.05, 3.63) is 65.5 Å². The van der Waals surface area contributed by atoms with Gasteiger partial charge in [-0.2, -0.15) is 0 Å². The summed E-state index contributed by atoms with van der Waals surface area (Å²) in [6.07, 6.45) is 7.33. The molecule has 0 amide bonds. The molecule has 2 nitrogen and oxygen atoms in total. The van der Waals surface area contributed by atoms with Crippen molar-refractivity contribution in [2.75, 3.05) is 0 Å². The Morgan fingerprint density at radius 2 is 1.39 bits per heavy atom. The van der Waals surface area contributed by atoms with Gasteiger partial charge in [0.1, 0.15) is 0 Å². The van der Waals surface area contributed by atoms with Gasteiger partial charge < -0.3 is 0 Å². The predicted octanol–water partition coefficient (Wildman–Crippen LogP) is 3.51. The van der Waals surface area contributed by atoms with E-state index in [-0.39, 0.29) is 0 Å². The van der Waals surface area contributed by atoms with Crippen LogP contribution in [0.5, 0.6) is 0 Å². The molecule has 0 aliphatic heterocycles. The lowest BCUT2D eigenvalue weighted by atomic mass is 10.0. The summed E-state index contributed by atoms with van der Waals surface area (Å²) in [7, 11) is 0. The fourth-order valence-corrected chi connectivity index (χ4v) is 1.73. The molecule has 1 aromatic carbocycles. The summed E-state index contributed by atoms with van der Waals surface area (Å²) in [4.78, 5) is 0. The molecule has 1 N–H and O–H groups in total. The molecule has 2 aromatic rings. The first-order chi connectivity index (χ1) is 8.65. The van der Waals surface area contributed by atoms with Gasteiger partial charge >= 0.3 is 0 Å². The molecule has 18 heavy (non-hydrogen) atoms. The minimum absolute atomic E-state index is 0.567. The topological polar surface area (TPSA) is 24.1 Å². The first-order valence-corrected chi connectivity index (χ1v) is 6.14. The van der Waals surface area contributed by atoms with Crippen molar-refractivity contribution in [2.45, 2.75) is 19.8 Å². The molecular formula is C16H18NO+. The van der Waals surface area contributed by atoms with Crippen LogP contribution >= 0.6 is 0 Å². The molecule has 0 unspecified atom stereocenters. The second kappa shape index (κ2) is 5.50. The predicted molar refractivity (Wildman–Crippen MR) is 73.3 cm³/mol. The lowest BCUT2D eigenvalue weighted by Crippen LogP contribution is -2.27. The minimum atomic E-state index is 0.567. The fraction of sp³-hybridized carbons (Fsp3) is 0.188. The van der Waals surface area contributed by atoms with Crippen molar-refractivity contribution in [2.24, 2.45) is 0 Å². The van der Waals surface area contributed by atoms with Gasteiger partial charge in [0, 0.05) is 16.9 Å². The van der Waals surface area contributed by atoms with Crippen molar-refractivity contribution in [3.8, 4) is 0 Å². The van der Waals surface area contributed by atoms with Crippen molar-refractivity contribution >= 4 is 12.2 Å². The largest absolute Gasteiger partial charge is 0.285 e. The molecule has 0 fully saturated rings. The summed E-state index contributed by atoms with van der Waals surface area (Å²) in [5.41, 5.74) is 3.60. The number of hydrogen-bond donors (Lipinski definition) is 1. The van der Waals surface area contributed by atoms with Gasteiger partial charge in [-0.25, -0.2) is 0 Å². The van der Waals surface area contributed by atoms with E-state index in [4.69, 9.17) is 5.21 Å². The van der Waals surface area contributed by atoms with Crippen LogP contribution in [-0.2, 0) is 0 Å². The fourth-order valence-electron chi connectivity index (χ4n) is 1.73. The second-order valence-corrected chi connectivity index (χ2v) is 4.67.